The average molecular weight is 405 g/mol. The second kappa shape index (κ2) is 7.93. The predicted octanol–water partition coefficient (Wildman–Crippen LogP) is 2.52. The van der Waals surface area contributed by atoms with E-state index in [-0.39, 0.29) is 28.7 Å². The lowest BCUT2D eigenvalue weighted by atomic mass is 10.1. The largest absolute Gasteiger partial charge is 0.488 e. The normalized spacial score (nSPS) is 18.7. The summed E-state index contributed by atoms with van der Waals surface area (Å²) in [5.74, 6) is -2.21. The molecule has 2 aliphatic heterocycles. The van der Waals surface area contributed by atoms with E-state index in [9.17, 15) is 19.5 Å². The van der Waals surface area contributed by atoms with E-state index in [0.717, 1.165) is 33.5 Å². The number of carboxylic acids is 2. The zero-order valence-corrected chi connectivity index (χ0v) is 15.6. The molecule has 0 bridgehead atoms. The van der Waals surface area contributed by atoms with Gasteiger partial charge in [-0.1, -0.05) is 42.2 Å². The molecule has 1 aromatic rings. The number of hydrogen-bond donors (Lipinski definition) is 2. The van der Waals surface area contributed by atoms with Crippen molar-refractivity contribution in [2.45, 2.75) is 18.9 Å². The molecule has 1 saturated heterocycles. The van der Waals surface area contributed by atoms with Gasteiger partial charge in [0, 0.05) is 12.0 Å². The Morgan fingerprint density at radius 2 is 2.07 bits per heavy atom. The van der Waals surface area contributed by atoms with Crippen LogP contribution in [-0.2, 0) is 14.4 Å². The minimum atomic E-state index is -1.31. The molecule has 2 heterocycles. The third-order valence-corrected chi connectivity index (χ3v) is 5.35. The molecule has 1 atom stereocenters. The lowest BCUT2D eigenvalue weighted by molar-refractivity contribution is -0.146. The highest BCUT2D eigenvalue weighted by molar-refractivity contribution is 8.26. The number of aliphatic carboxylic acids is 2. The van der Waals surface area contributed by atoms with E-state index in [1.54, 1.807) is 6.08 Å². The summed E-state index contributed by atoms with van der Waals surface area (Å²) in [4.78, 5) is 36.2. The molecule has 7 nitrogen and oxygen atoms in total. The second-order valence-corrected chi connectivity index (χ2v) is 7.56. The average Bonchev–Trinajstić information content (AvgIpc) is 2.89. The van der Waals surface area contributed by atoms with Crippen molar-refractivity contribution < 1.29 is 29.3 Å². The topological polar surface area (TPSA) is 104 Å². The van der Waals surface area contributed by atoms with Crippen molar-refractivity contribution in [3.8, 4) is 5.75 Å². The Kier molecular flexibility index (Phi) is 5.62. The lowest BCUT2D eigenvalue weighted by Gasteiger charge is -2.22. The first-order chi connectivity index (χ1) is 12.9. The highest BCUT2D eigenvalue weighted by atomic mass is 32.2. The van der Waals surface area contributed by atoms with E-state index in [1.807, 2.05) is 30.3 Å². The molecule has 3 rings (SSSR count). The Labute approximate surface area is 164 Å². The van der Waals surface area contributed by atoms with Crippen LogP contribution in [0.15, 0.2) is 40.8 Å². The van der Waals surface area contributed by atoms with Gasteiger partial charge >= 0.3 is 11.9 Å². The molecule has 9 heteroatoms. The van der Waals surface area contributed by atoms with Crippen LogP contribution in [0, 0.1) is 0 Å². The molecule has 1 amide bonds. The van der Waals surface area contributed by atoms with E-state index in [4.69, 9.17) is 22.1 Å². The van der Waals surface area contributed by atoms with E-state index < -0.39 is 23.9 Å². The van der Waals surface area contributed by atoms with E-state index in [0.29, 0.717) is 0 Å². The predicted molar refractivity (Wildman–Crippen MR) is 103 cm³/mol. The van der Waals surface area contributed by atoms with Crippen LogP contribution in [0.1, 0.15) is 18.4 Å². The van der Waals surface area contributed by atoms with Crippen molar-refractivity contribution in [3.05, 3.63) is 46.4 Å². The number of carboxylic acid groups (broad SMARTS) is 2. The fourth-order valence-electron chi connectivity index (χ4n) is 2.76. The van der Waals surface area contributed by atoms with Gasteiger partial charge in [0.15, 0.2) is 0 Å². The molecule has 1 fully saturated rings. The number of amides is 1. The first-order valence-corrected chi connectivity index (χ1v) is 9.23. The highest BCUT2D eigenvalue weighted by Gasteiger charge is 2.40. The number of para-hydroxylation sites is 1. The van der Waals surface area contributed by atoms with Gasteiger partial charge in [-0.15, -0.1) is 0 Å². The molecule has 0 radical (unpaired) electrons. The zero-order valence-electron chi connectivity index (χ0n) is 14.0. The molecular formula is C18H15NO6S2. The van der Waals surface area contributed by atoms with Crippen molar-refractivity contribution in [2.75, 3.05) is 6.61 Å². The quantitative estimate of drug-likeness (QED) is 0.550. The van der Waals surface area contributed by atoms with Gasteiger partial charge in [-0.2, -0.15) is 0 Å². The van der Waals surface area contributed by atoms with Crippen molar-refractivity contribution in [1.29, 1.82) is 0 Å². The monoisotopic (exact) mass is 405 g/mol. The third kappa shape index (κ3) is 4.20. The Morgan fingerprint density at radius 3 is 2.78 bits per heavy atom. The Bertz CT molecular complexity index is 892. The maximum Gasteiger partial charge on any atom is 0.326 e. The van der Waals surface area contributed by atoms with Gasteiger partial charge in [0.1, 0.15) is 22.7 Å². The number of carbonyl (C=O) groups excluding carboxylic acids is 1. The summed E-state index contributed by atoms with van der Waals surface area (Å²) in [5.41, 5.74) is 1.64. The molecule has 0 unspecified atom stereocenters. The van der Waals surface area contributed by atoms with Crippen LogP contribution in [0.25, 0.3) is 6.08 Å². The summed E-state index contributed by atoms with van der Waals surface area (Å²) in [5, 5.41) is 18.2. The van der Waals surface area contributed by atoms with Crippen LogP contribution < -0.4 is 4.74 Å². The van der Waals surface area contributed by atoms with E-state index in [1.165, 1.54) is 0 Å². The SMILES string of the molecule is O=C(O)CC[C@@H](C(=O)O)N1C(=O)/C(=C\C2=Cc3ccccc3OC2)SC1=S. The summed E-state index contributed by atoms with van der Waals surface area (Å²) >= 11 is 6.16. The maximum absolute atomic E-state index is 12.7. The summed E-state index contributed by atoms with van der Waals surface area (Å²) in [6.45, 7) is 0.280. The van der Waals surface area contributed by atoms with Gasteiger partial charge in [0.25, 0.3) is 5.91 Å². The summed E-state index contributed by atoms with van der Waals surface area (Å²) < 4.78 is 5.75. The molecule has 0 aromatic heterocycles. The van der Waals surface area contributed by atoms with Crippen LogP contribution in [0.4, 0.5) is 0 Å². The molecule has 2 N–H and O–H groups in total. The first-order valence-electron chi connectivity index (χ1n) is 8.01. The first kappa shape index (κ1) is 19.1. The number of carbonyl (C=O) groups is 3. The van der Waals surface area contributed by atoms with Gasteiger partial charge in [-0.25, -0.2) is 4.79 Å². The number of ether oxygens (including phenoxy) is 1. The second-order valence-electron chi connectivity index (χ2n) is 5.88. The number of benzene rings is 1. The molecule has 140 valence electrons. The Balaban J connectivity index is 1.83. The molecule has 0 spiro atoms. The number of thiocarbonyl (C=S) groups is 1. The van der Waals surface area contributed by atoms with Gasteiger partial charge in [0.2, 0.25) is 0 Å². The highest BCUT2D eigenvalue weighted by Crippen LogP contribution is 2.35. The third-order valence-electron chi connectivity index (χ3n) is 4.02. The maximum atomic E-state index is 12.7. The molecular weight excluding hydrogens is 390 g/mol. The molecule has 0 aliphatic carbocycles. The molecule has 1 aromatic carbocycles. The van der Waals surface area contributed by atoms with Crippen LogP contribution in [0.3, 0.4) is 0 Å². The van der Waals surface area contributed by atoms with Gasteiger partial charge < -0.3 is 14.9 Å². The lowest BCUT2D eigenvalue weighted by Crippen LogP contribution is -2.44. The van der Waals surface area contributed by atoms with Gasteiger partial charge in [0.05, 0.1) is 4.91 Å². The van der Waals surface area contributed by atoms with E-state index in [2.05, 4.69) is 0 Å². The molecule has 0 saturated carbocycles. The van der Waals surface area contributed by atoms with Crippen LogP contribution in [0.5, 0.6) is 5.75 Å². The molecule has 2 aliphatic rings. The summed E-state index contributed by atoms with van der Waals surface area (Å²) in [7, 11) is 0. The smallest absolute Gasteiger partial charge is 0.326 e. The summed E-state index contributed by atoms with van der Waals surface area (Å²) in [6.07, 6.45) is 2.93. The Morgan fingerprint density at radius 1 is 1.33 bits per heavy atom. The number of fused-ring (bicyclic) bond motifs is 1. The standard InChI is InChI=1S/C18H15NO6S2/c20-15(21)6-5-12(17(23)24)19-16(22)14(27-18(19)26)8-10-7-11-3-1-2-4-13(11)25-9-10/h1-4,7-8,12H,5-6,9H2,(H,20,21)(H,23,24)/b14-8+/t12-/m0/s1. The number of rotatable bonds is 6. The van der Waals surface area contributed by atoms with Gasteiger partial charge in [-0.3, -0.25) is 14.5 Å². The van der Waals surface area contributed by atoms with Crippen molar-refractivity contribution in [3.63, 3.8) is 0 Å². The Hall–Kier alpha value is -2.65. The van der Waals surface area contributed by atoms with Crippen LogP contribution >= 0.6 is 24.0 Å². The van der Waals surface area contributed by atoms with Crippen molar-refractivity contribution >= 4 is 52.2 Å². The van der Waals surface area contributed by atoms with Crippen LogP contribution in [-0.4, -0.2) is 49.9 Å². The summed E-state index contributed by atoms with van der Waals surface area (Å²) in [6, 6.07) is 6.17. The number of hydrogen-bond acceptors (Lipinski definition) is 6. The fraction of sp³-hybridized carbons (Fsp3) is 0.222. The fourth-order valence-corrected chi connectivity index (χ4v) is 4.13. The van der Waals surface area contributed by atoms with Gasteiger partial charge in [-0.05, 0) is 30.2 Å². The molecule has 27 heavy (non-hydrogen) atoms. The van der Waals surface area contributed by atoms with Crippen molar-refractivity contribution in [2.24, 2.45) is 0 Å². The zero-order chi connectivity index (χ0) is 19.6. The minimum absolute atomic E-state index is 0.0989. The van der Waals surface area contributed by atoms with Crippen LogP contribution in [0.2, 0.25) is 0 Å². The van der Waals surface area contributed by atoms with Crippen molar-refractivity contribution in [1.82, 2.24) is 4.90 Å². The number of nitrogens with zero attached hydrogens (tertiary/aromatic N) is 1. The minimum Gasteiger partial charge on any atom is -0.488 e. The van der Waals surface area contributed by atoms with E-state index >= 15 is 0 Å². The number of thioether (sulfide) groups is 1.